The summed E-state index contributed by atoms with van der Waals surface area (Å²) in [5, 5.41) is 4.45. The predicted octanol–water partition coefficient (Wildman–Crippen LogP) is 3.47. The Balaban J connectivity index is 2.32. The normalized spacial score (nSPS) is 23.8. The lowest BCUT2D eigenvalue weighted by molar-refractivity contribution is 0.402. The molecular formula is C15H23ClN2. The van der Waals surface area contributed by atoms with Gasteiger partial charge in [0, 0.05) is 29.3 Å². The first-order valence-corrected chi connectivity index (χ1v) is 7.01. The summed E-state index contributed by atoms with van der Waals surface area (Å²) < 4.78 is 0. The van der Waals surface area contributed by atoms with E-state index in [0.717, 1.165) is 24.7 Å². The lowest BCUT2D eigenvalue weighted by atomic mass is 10.0. The van der Waals surface area contributed by atoms with Gasteiger partial charge in [0.25, 0.3) is 0 Å². The van der Waals surface area contributed by atoms with Gasteiger partial charge in [-0.1, -0.05) is 24.6 Å². The van der Waals surface area contributed by atoms with E-state index in [0.29, 0.717) is 5.92 Å². The lowest BCUT2D eigenvalue weighted by Crippen LogP contribution is -2.46. The summed E-state index contributed by atoms with van der Waals surface area (Å²) >= 11 is 6.14. The third-order valence-corrected chi connectivity index (χ3v) is 3.79. The molecule has 2 rings (SSSR count). The minimum absolute atomic E-state index is 0.138. The molecular weight excluding hydrogens is 244 g/mol. The highest BCUT2D eigenvalue weighted by Crippen LogP contribution is 2.27. The van der Waals surface area contributed by atoms with Crippen LogP contribution < -0.4 is 10.2 Å². The Hall–Kier alpha value is -0.730. The molecule has 18 heavy (non-hydrogen) atoms. The maximum Gasteiger partial charge on any atom is 0.0426 e. The van der Waals surface area contributed by atoms with Crippen molar-refractivity contribution in [3.8, 4) is 0 Å². The van der Waals surface area contributed by atoms with Crippen LogP contribution in [0.15, 0.2) is 18.2 Å². The number of rotatable bonds is 1. The third kappa shape index (κ3) is 3.18. The number of hydrogen-bond acceptors (Lipinski definition) is 2. The molecule has 2 nitrogen and oxygen atoms in total. The van der Waals surface area contributed by atoms with Gasteiger partial charge in [-0.25, -0.2) is 0 Å². The highest BCUT2D eigenvalue weighted by atomic mass is 35.5. The smallest absolute Gasteiger partial charge is 0.0426 e. The minimum Gasteiger partial charge on any atom is -0.369 e. The number of aryl methyl sites for hydroxylation is 1. The van der Waals surface area contributed by atoms with Crippen molar-refractivity contribution in [3.05, 3.63) is 28.8 Å². The summed E-state index contributed by atoms with van der Waals surface area (Å²) in [6, 6.07) is 6.16. The minimum atomic E-state index is 0.138. The zero-order valence-corrected chi connectivity index (χ0v) is 12.5. The Labute approximate surface area is 115 Å². The Kier molecular flexibility index (Phi) is 3.88. The van der Waals surface area contributed by atoms with Crippen molar-refractivity contribution in [1.29, 1.82) is 0 Å². The SMILES string of the molecule is Cc1ccc(Cl)cc1N1CC(C)CNC(C)(C)C1. The topological polar surface area (TPSA) is 15.3 Å². The molecule has 0 radical (unpaired) electrons. The van der Waals surface area contributed by atoms with E-state index in [-0.39, 0.29) is 5.54 Å². The maximum absolute atomic E-state index is 6.14. The van der Waals surface area contributed by atoms with Gasteiger partial charge < -0.3 is 10.2 Å². The quantitative estimate of drug-likeness (QED) is 0.837. The molecule has 0 bridgehead atoms. The molecule has 1 aliphatic heterocycles. The van der Waals surface area contributed by atoms with E-state index in [4.69, 9.17) is 11.6 Å². The monoisotopic (exact) mass is 266 g/mol. The fourth-order valence-electron chi connectivity index (χ4n) is 2.60. The number of halogens is 1. The van der Waals surface area contributed by atoms with Gasteiger partial charge in [-0.3, -0.25) is 0 Å². The van der Waals surface area contributed by atoms with Crippen LogP contribution in [-0.2, 0) is 0 Å². The number of benzene rings is 1. The summed E-state index contributed by atoms with van der Waals surface area (Å²) in [4.78, 5) is 2.46. The van der Waals surface area contributed by atoms with Crippen molar-refractivity contribution in [1.82, 2.24) is 5.32 Å². The Morgan fingerprint density at radius 2 is 2.11 bits per heavy atom. The highest BCUT2D eigenvalue weighted by molar-refractivity contribution is 6.30. The van der Waals surface area contributed by atoms with Crippen molar-refractivity contribution in [3.63, 3.8) is 0 Å². The van der Waals surface area contributed by atoms with Crippen LogP contribution in [0, 0.1) is 12.8 Å². The summed E-state index contributed by atoms with van der Waals surface area (Å²) in [5.41, 5.74) is 2.70. The van der Waals surface area contributed by atoms with E-state index in [1.54, 1.807) is 0 Å². The molecule has 1 aromatic rings. The second-order valence-electron chi connectivity index (χ2n) is 6.18. The van der Waals surface area contributed by atoms with Crippen LogP contribution >= 0.6 is 11.6 Å². The first kappa shape index (κ1) is 13.7. The fraction of sp³-hybridized carbons (Fsp3) is 0.600. The highest BCUT2D eigenvalue weighted by Gasteiger charge is 2.27. The second kappa shape index (κ2) is 5.10. The van der Waals surface area contributed by atoms with Gasteiger partial charge in [-0.05, 0) is 50.9 Å². The zero-order valence-electron chi connectivity index (χ0n) is 11.8. The largest absolute Gasteiger partial charge is 0.369 e. The molecule has 0 aliphatic carbocycles. The molecule has 0 aromatic heterocycles. The average Bonchev–Trinajstić information content (AvgIpc) is 2.41. The van der Waals surface area contributed by atoms with Crippen LogP contribution in [0.5, 0.6) is 0 Å². The van der Waals surface area contributed by atoms with Crippen LogP contribution in [0.2, 0.25) is 5.02 Å². The van der Waals surface area contributed by atoms with E-state index < -0.39 is 0 Å². The van der Waals surface area contributed by atoms with Crippen LogP contribution in [-0.4, -0.2) is 25.2 Å². The van der Waals surface area contributed by atoms with Gasteiger partial charge >= 0.3 is 0 Å². The van der Waals surface area contributed by atoms with Crippen molar-refractivity contribution in [2.45, 2.75) is 33.2 Å². The molecule has 1 atom stereocenters. The summed E-state index contributed by atoms with van der Waals surface area (Å²) in [5.74, 6) is 0.644. The molecule has 1 heterocycles. The Morgan fingerprint density at radius 3 is 2.83 bits per heavy atom. The molecule has 3 heteroatoms. The van der Waals surface area contributed by atoms with Crippen LogP contribution in [0.4, 0.5) is 5.69 Å². The van der Waals surface area contributed by atoms with Gasteiger partial charge in [-0.15, -0.1) is 0 Å². The van der Waals surface area contributed by atoms with E-state index in [1.165, 1.54) is 11.3 Å². The molecule has 1 aromatic carbocycles. The first-order valence-electron chi connectivity index (χ1n) is 6.63. The lowest BCUT2D eigenvalue weighted by Gasteiger charge is -2.32. The van der Waals surface area contributed by atoms with E-state index in [9.17, 15) is 0 Å². The van der Waals surface area contributed by atoms with Gasteiger partial charge in [-0.2, -0.15) is 0 Å². The van der Waals surface area contributed by atoms with E-state index >= 15 is 0 Å². The van der Waals surface area contributed by atoms with Crippen LogP contribution in [0.1, 0.15) is 26.3 Å². The van der Waals surface area contributed by atoms with Crippen LogP contribution in [0.25, 0.3) is 0 Å². The van der Waals surface area contributed by atoms with Crippen LogP contribution in [0.3, 0.4) is 0 Å². The Bertz CT molecular complexity index is 429. The molecule has 1 aliphatic rings. The number of nitrogens with one attached hydrogen (secondary N) is 1. The van der Waals surface area contributed by atoms with Gasteiger partial charge in [0.2, 0.25) is 0 Å². The maximum atomic E-state index is 6.14. The van der Waals surface area contributed by atoms with Crippen molar-refractivity contribution in [2.75, 3.05) is 24.5 Å². The molecule has 1 unspecified atom stereocenters. The van der Waals surface area contributed by atoms with Crippen molar-refractivity contribution >= 4 is 17.3 Å². The molecule has 0 amide bonds. The molecule has 1 N–H and O–H groups in total. The number of anilines is 1. The molecule has 1 saturated heterocycles. The average molecular weight is 267 g/mol. The third-order valence-electron chi connectivity index (χ3n) is 3.56. The summed E-state index contributed by atoms with van der Waals surface area (Å²) in [7, 11) is 0. The van der Waals surface area contributed by atoms with Gasteiger partial charge in [0.05, 0.1) is 0 Å². The Morgan fingerprint density at radius 1 is 1.39 bits per heavy atom. The standard InChI is InChI=1S/C15H23ClN2/c1-11-8-17-15(3,4)10-18(9-11)14-7-13(16)6-5-12(14)2/h5-7,11,17H,8-10H2,1-4H3. The molecule has 0 spiro atoms. The molecule has 0 saturated carbocycles. The first-order chi connectivity index (χ1) is 8.37. The van der Waals surface area contributed by atoms with Crippen molar-refractivity contribution < 1.29 is 0 Å². The predicted molar refractivity (Wildman–Crippen MR) is 79.6 cm³/mol. The summed E-state index contributed by atoms with van der Waals surface area (Å²) in [6.45, 7) is 12.1. The molecule has 1 fully saturated rings. The van der Waals surface area contributed by atoms with E-state index in [2.05, 4.69) is 50.0 Å². The van der Waals surface area contributed by atoms with Crippen molar-refractivity contribution in [2.24, 2.45) is 5.92 Å². The van der Waals surface area contributed by atoms with E-state index in [1.807, 2.05) is 6.07 Å². The summed E-state index contributed by atoms with van der Waals surface area (Å²) in [6.07, 6.45) is 0. The molecule has 100 valence electrons. The zero-order chi connectivity index (χ0) is 13.3. The van der Waals surface area contributed by atoms with Gasteiger partial charge in [0.1, 0.15) is 0 Å². The number of nitrogens with zero attached hydrogens (tertiary/aromatic N) is 1. The number of hydrogen-bond donors (Lipinski definition) is 1. The van der Waals surface area contributed by atoms with Gasteiger partial charge in [0.15, 0.2) is 0 Å². The fourth-order valence-corrected chi connectivity index (χ4v) is 2.76. The second-order valence-corrected chi connectivity index (χ2v) is 6.62.